The summed E-state index contributed by atoms with van der Waals surface area (Å²) in [7, 11) is 0. The van der Waals surface area contributed by atoms with Crippen molar-refractivity contribution in [2.24, 2.45) is 0 Å². The lowest BCUT2D eigenvalue weighted by molar-refractivity contribution is -0.148. The number of carbonyl (C=O) groups is 3. The number of hydrogen-bond donors (Lipinski definition) is 2. The molecule has 0 saturated carbocycles. The predicted octanol–water partition coefficient (Wildman–Crippen LogP) is 2.82. The number of imide groups is 1. The third kappa shape index (κ3) is 5.10. The van der Waals surface area contributed by atoms with Crippen LogP contribution in [0.5, 0.6) is 0 Å². The minimum Gasteiger partial charge on any atom is -0.454 e. The van der Waals surface area contributed by atoms with Crippen LogP contribution in [0.15, 0.2) is 51.5 Å². The van der Waals surface area contributed by atoms with E-state index in [1.807, 2.05) is 40.4 Å². The van der Waals surface area contributed by atoms with Gasteiger partial charge >= 0.3 is 12.0 Å². The van der Waals surface area contributed by atoms with E-state index in [4.69, 9.17) is 4.74 Å². The maximum absolute atomic E-state index is 12.9. The fraction of sp³-hybridized carbons (Fsp3) is 0.150. The highest BCUT2D eigenvalue weighted by atomic mass is 32.1. The van der Waals surface area contributed by atoms with Crippen molar-refractivity contribution in [3.05, 3.63) is 62.0 Å². The van der Waals surface area contributed by atoms with Crippen molar-refractivity contribution in [3.8, 4) is 10.4 Å². The zero-order valence-corrected chi connectivity index (χ0v) is 18.9. The lowest BCUT2D eigenvalue weighted by atomic mass is 10.2. The van der Waals surface area contributed by atoms with Gasteiger partial charge in [0.1, 0.15) is 11.4 Å². The van der Waals surface area contributed by atoms with Crippen LogP contribution in [0.3, 0.4) is 0 Å². The summed E-state index contributed by atoms with van der Waals surface area (Å²) in [5, 5.41) is 10.7. The predicted molar refractivity (Wildman–Crippen MR) is 123 cm³/mol. The second-order valence-corrected chi connectivity index (χ2v) is 9.29. The maximum atomic E-state index is 12.9. The van der Waals surface area contributed by atoms with Gasteiger partial charge in [0.15, 0.2) is 6.61 Å². The van der Waals surface area contributed by atoms with Gasteiger partial charge in [0.2, 0.25) is 0 Å². The van der Waals surface area contributed by atoms with Gasteiger partial charge in [0.05, 0.1) is 18.3 Å². The van der Waals surface area contributed by atoms with Crippen LogP contribution in [-0.2, 0) is 27.4 Å². The number of amides is 3. The van der Waals surface area contributed by atoms with E-state index in [0.29, 0.717) is 10.2 Å². The van der Waals surface area contributed by atoms with Gasteiger partial charge in [-0.15, -0.1) is 34.0 Å². The fourth-order valence-corrected chi connectivity index (χ4v) is 5.18. The molecule has 0 aliphatic carbocycles. The Morgan fingerprint density at radius 1 is 1.09 bits per heavy atom. The zero-order chi connectivity index (χ0) is 22.5. The summed E-state index contributed by atoms with van der Waals surface area (Å²) in [6.07, 6.45) is 1.28. The molecule has 9 nitrogen and oxygen atoms in total. The van der Waals surface area contributed by atoms with Crippen LogP contribution in [0.1, 0.15) is 4.88 Å². The molecule has 0 aromatic carbocycles. The number of esters is 1. The standard InChI is InChI=1S/C20H16N4O5S3/c25-15(23-20(28)21-7-12-3-1-5-30-12)9-29-16(26)8-24-11-22-18-17(19(24)27)13(10-32-18)14-4-2-6-31-14/h1-6,10-11H,7-9H2,(H2,21,23,25,28). The Morgan fingerprint density at radius 2 is 1.91 bits per heavy atom. The molecule has 4 aromatic rings. The molecule has 4 rings (SSSR count). The first-order chi connectivity index (χ1) is 15.5. The van der Waals surface area contributed by atoms with E-state index < -0.39 is 31.1 Å². The van der Waals surface area contributed by atoms with Crippen molar-refractivity contribution in [2.45, 2.75) is 13.1 Å². The number of rotatable bonds is 7. The van der Waals surface area contributed by atoms with Gasteiger partial charge in [0.25, 0.3) is 11.5 Å². The van der Waals surface area contributed by atoms with Gasteiger partial charge in [-0.1, -0.05) is 12.1 Å². The normalized spacial score (nSPS) is 10.8. The Morgan fingerprint density at radius 3 is 2.66 bits per heavy atom. The average molecular weight is 489 g/mol. The van der Waals surface area contributed by atoms with E-state index >= 15 is 0 Å². The SMILES string of the molecule is O=C(COC(=O)Cn1cnc2scc(-c3cccs3)c2c1=O)NC(=O)NCc1cccs1. The van der Waals surface area contributed by atoms with E-state index in [9.17, 15) is 19.2 Å². The van der Waals surface area contributed by atoms with Crippen molar-refractivity contribution in [2.75, 3.05) is 6.61 Å². The lowest BCUT2D eigenvalue weighted by Crippen LogP contribution is -2.41. The van der Waals surface area contributed by atoms with Gasteiger partial charge in [-0.25, -0.2) is 9.78 Å². The Labute approximate surface area is 193 Å². The summed E-state index contributed by atoms with van der Waals surface area (Å²) in [5.74, 6) is -1.57. The molecule has 2 N–H and O–H groups in total. The number of thiophene rings is 3. The van der Waals surface area contributed by atoms with E-state index in [-0.39, 0.29) is 12.1 Å². The van der Waals surface area contributed by atoms with Gasteiger partial charge in [0, 0.05) is 20.7 Å². The molecule has 0 atom stereocenters. The molecule has 0 spiro atoms. The molecule has 0 aliphatic heterocycles. The van der Waals surface area contributed by atoms with Crippen molar-refractivity contribution in [3.63, 3.8) is 0 Å². The summed E-state index contributed by atoms with van der Waals surface area (Å²) in [6, 6.07) is 6.81. The number of nitrogens with zero attached hydrogens (tertiary/aromatic N) is 2. The lowest BCUT2D eigenvalue weighted by Gasteiger charge is -2.08. The molecule has 0 radical (unpaired) electrons. The van der Waals surface area contributed by atoms with Crippen LogP contribution in [0.2, 0.25) is 0 Å². The number of ether oxygens (including phenoxy) is 1. The molecule has 32 heavy (non-hydrogen) atoms. The van der Waals surface area contributed by atoms with E-state index in [1.54, 1.807) is 0 Å². The molecule has 4 heterocycles. The summed E-state index contributed by atoms with van der Waals surface area (Å²) in [4.78, 5) is 55.3. The molecule has 0 fully saturated rings. The minimum absolute atomic E-state index is 0.283. The number of carbonyl (C=O) groups excluding carboxylic acids is 3. The smallest absolute Gasteiger partial charge is 0.326 e. The third-order valence-corrected chi connectivity index (χ3v) is 6.93. The van der Waals surface area contributed by atoms with E-state index in [0.717, 1.165) is 19.9 Å². The van der Waals surface area contributed by atoms with Crippen LogP contribution in [0.25, 0.3) is 20.7 Å². The average Bonchev–Trinajstić information content (AvgIpc) is 3.53. The molecule has 3 amide bonds. The second kappa shape index (κ2) is 9.85. The van der Waals surface area contributed by atoms with Crippen LogP contribution >= 0.6 is 34.0 Å². The molecule has 0 aliphatic rings. The van der Waals surface area contributed by atoms with Crippen LogP contribution in [-0.4, -0.2) is 34.1 Å². The first-order valence-corrected chi connectivity index (χ1v) is 11.9. The molecule has 4 aromatic heterocycles. The molecule has 12 heteroatoms. The first-order valence-electron chi connectivity index (χ1n) is 9.27. The van der Waals surface area contributed by atoms with Crippen LogP contribution in [0.4, 0.5) is 4.79 Å². The number of nitrogens with one attached hydrogen (secondary N) is 2. The topological polar surface area (TPSA) is 119 Å². The number of hydrogen-bond acceptors (Lipinski definition) is 9. The monoisotopic (exact) mass is 488 g/mol. The van der Waals surface area contributed by atoms with Crippen molar-refractivity contribution < 1.29 is 19.1 Å². The number of aromatic nitrogens is 2. The summed E-state index contributed by atoms with van der Waals surface area (Å²) >= 11 is 4.33. The van der Waals surface area contributed by atoms with E-state index in [1.165, 1.54) is 40.3 Å². The van der Waals surface area contributed by atoms with Gasteiger partial charge in [-0.2, -0.15) is 0 Å². The summed E-state index contributed by atoms with van der Waals surface area (Å²) in [6.45, 7) is -0.765. The Kier molecular flexibility index (Phi) is 6.73. The molecule has 0 saturated heterocycles. The summed E-state index contributed by atoms with van der Waals surface area (Å²) in [5.41, 5.74) is 0.405. The fourth-order valence-electron chi connectivity index (χ4n) is 2.81. The van der Waals surface area contributed by atoms with Crippen molar-refractivity contribution in [1.82, 2.24) is 20.2 Å². The molecular formula is C20H16N4O5S3. The highest BCUT2D eigenvalue weighted by Crippen LogP contribution is 2.33. The minimum atomic E-state index is -0.796. The maximum Gasteiger partial charge on any atom is 0.326 e. The number of urea groups is 1. The Bertz CT molecular complexity index is 1310. The Hall–Kier alpha value is -3.35. The quantitative estimate of drug-likeness (QED) is 0.386. The van der Waals surface area contributed by atoms with Gasteiger partial charge in [-0.3, -0.25) is 24.3 Å². The molecule has 0 bridgehead atoms. The molecule has 164 valence electrons. The highest BCUT2D eigenvalue weighted by molar-refractivity contribution is 7.18. The number of fused-ring (bicyclic) bond motifs is 1. The highest BCUT2D eigenvalue weighted by Gasteiger charge is 2.16. The molecule has 0 unspecified atom stereocenters. The second-order valence-electron chi connectivity index (χ2n) is 6.46. The molecular weight excluding hydrogens is 472 g/mol. The summed E-state index contributed by atoms with van der Waals surface area (Å²) < 4.78 is 6.04. The first kappa shape index (κ1) is 21.9. The zero-order valence-electron chi connectivity index (χ0n) is 16.4. The van der Waals surface area contributed by atoms with Crippen LogP contribution < -0.4 is 16.2 Å². The van der Waals surface area contributed by atoms with Gasteiger partial charge in [-0.05, 0) is 22.9 Å². The third-order valence-electron chi connectivity index (χ3n) is 4.27. The van der Waals surface area contributed by atoms with Gasteiger partial charge < -0.3 is 10.1 Å². The van der Waals surface area contributed by atoms with E-state index in [2.05, 4.69) is 15.6 Å². The Balaban J connectivity index is 1.32. The largest absolute Gasteiger partial charge is 0.454 e. The van der Waals surface area contributed by atoms with Crippen molar-refractivity contribution >= 4 is 62.1 Å². The van der Waals surface area contributed by atoms with Crippen molar-refractivity contribution in [1.29, 1.82) is 0 Å². The van der Waals surface area contributed by atoms with Crippen LogP contribution in [0, 0.1) is 0 Å².